The van der Waals surface area contributed by atoms with Gasteiger partial charge in [0.1, 0.15) is 0 Å². The van der Waals surface area contributed by atoms with Crippen LogP contribution < -0.4 is 5.56 Å². The Labute approximate surface area is 103 Å². The topological polar surface area (TPSA) is 63.6 Å². The minimum Gasteiger partial charge on any atom is -0.291 e. The summed E-state index contributed by atoms with van der Waals surface area (Å²) in [5.41, 5.74) is 1.33. The van der Waals surface area contributed by atoms with E-state index in [9.17, 15) is 4.79 Å². The number of aromatic amines is 1. The number of benzene rings is 1. The molecule has 0 aliphatic carbocycles. The van der Waals surface area contributed by atoms with Gasteiger partial charge in [0, 0.05) is 24.0 Å². The van der Waals surface area contributed by atoms with Crippen LogP contribution in [0.5, 0.6) is 0 Å². The fourth-order valence-corrected chi connectivity index (χ4v) is 1.70. The number of aromatic nitrogens is 4. The molecule has 0 amide bonds. The van der Waals surface area contributed by atoms with Crippen LogP contribution in [0.15, 0.2) is 59.7 Å². The van der Waals surface area contributed by atoms with Crippen LogP contribution >= 0.6 is 0 Å². The zero-order valence-corrected chi connectivity index (χ0v) is 9.45. The third kappa shape index (κ3) is 1.93. The maximum atomic E-state index is 11.6. The fourth-order valence-electron chi connectivity index (χ4n) is 1.70. The summed E-state index contributed by atoms with van der Waals surface area (Å²) in [5, 5.41) is 4.05. The van der Waals surface area contributed by atoms with Gasteiger partial charge in [0.2, 0.25) is 5.95 Å². The molecule has 5 nitrogen and oxygen atoms in total. The lowest BCUT2D eigenvalue weighted by molar-refractivity contribution is 0.803. The van der Waals surface area contributed by atoms with Crippen molar-refractivity contribution in [2.75, 3.05) is 0 Å². The zero-order chi connectivity index (χ0) is 12.4. The van der Waals surface area contributed by atoms with Crippen LogP contribution in [0, 0.1) is 0 Å². The van der Waals surface area contributed by atoms with E-state index in [4.69, 9.17) is 0 Å². The van der Waals surface area contributed by atoms with Gasteiger partial charge in [-0.15, -0.1) is 0 Å². The van der Waals surface area contributed by atoms with Crippen molar-refractivity contribution in [3.05, 3.63) is 65.2 Å². The molecule has 0 atom stereocenters. The smallest absolute Gasteiger partial charge is 0.252 e. The molecule has 0 unspecified atom stereocenters. The van der Waals surface area contributed by atoms with Crippen molar-refractivity contribution in [2.45, 2.75) is 0 Å². The van der Waals surface area contributed by atoms with E-state index in [1.165, 1.54) is 10.7 Å². The van der Waals surface area contributed by atoms with Gasteiger partial charge in [-0.05, 0) is 6.07 Å². The second-order valence-corrected chi connectivity index (χ2v) is 3.77. The lowest BCUT2D eigenvalue weighted by Crippen LogP contribution is -2.13. The van der Waals surface area contributed by atoms with Crippen LogP contribution in [-0.2, 0) is 0 Å². The summed E-state index contributed by atoms with van der Waals surface area (Å²) in [6, 6.07) is 12.8. The third-order valence-electron chi connectivity index (χ3n) is 2.52. The van der Waals surface area contributed by atoms with E-state index in [2.05, 4.69) is 15.1 Å². The lowest BCUT2D eigenvalue weighted by atomic mass is 10.1. The van der Waals surface area contributed by atoms with Gasteiger partial charge in [0.25, 0.3) is 5.56 Å². The van der Waals surface area contributed by atoms with E-state index in [1.807, 2.05) is 30.3 Å². The molecule has 1 aromatic carbocycles. The summed E-state index contributed by atoms with van der Waals surface area (Å²) in [7, 11) is 0. The van der Waals surface area contributed by atoms with Gasteiger partial charge in [0.05, 0.1) is 5.69 Å². The molecular weight excluding hydrogens is 228 g/mol. The predicted octanol–water partition coefficient (Wildman–Crippen LogP) is 1.62. The van der Waals surface area contributed by atoms with Gasteiger partial charge >= 0.3 is 0 Å². The highest BCUT2D eigenvalue weighted by Crippen LogP contribution is 2.14. The van der Waals surface area contributed by atoms with Gasteiger partial charge < -0.3 is 0 Å². The van der Waals surface area contributed by atoms with E-state index >= 15 is 0 Å². The average Bonchev–Trinajstić information content (AvgIpc) is 2.93. The molecule has 0 saturated carbocycles. The molecule has 18 heavy (non-hydrogen) atoms. The van der Waals surface area contributed by atoms with Crippen molar-refractivity contribution in [1.82, 2.24) is 19.7 Å². The highest BCUT2D eigenvalue weighted by Gasteiger charge is 2.05. The Bertz CT molecular complexity index is 701. The SMILES string of the molecule is O=c1cc(-c2ccccc2)nc(-n2cccn2)[nH]1. The van der Waals surface area contributed by atoms with Crippen molar-refractivity contribution in [1.29, 1.82) is 0 Å². The lowest BCUT2D eigenvalue weighted by Gasteiger charge is -2.03. The van der Waals surface area contributed by atoms with E-state index in [0.29, 0.717) is 11.6 Å². The number of nitrogens with one attached hydrogen (secondary N) is 1. The van der Waals surface area contributed by atoms with Crippen LogP contribution in [0.4, 0.5) is 0 Å². The fraction of sp³-hybridized carbons (Fsp3) is 0. The molecule has 0 radical (unpaired) electrons. The monoisotopic (exact) mass is 238 g/mol. The van der Waals surface area contributed by atoms with Gasteiger partial charge in [-0.2, -0.15) is 5.10 Å². The average molecular weight is 238 g/mol. The van der Waals surface area contributed by atoms with Crippen molar-refractivity contribution in [3.63, 3.8) is 0 Å². The van der Waals surface area contributed by atoms with Crippen molar-refractivity contribution >= 4 is 0 Å². The molecule has 0 aliphatic heterocycles. The summed E-state index contributed by atoms with van der Waals surface area (Å²) in [4.78, 5) is 18.7. The first-order valence-corrected chi connectivity index (χ1v) is 5.50. The molecule has 0 spiro atoms. The number of hydrogen-bond donors (Lipinski definition) is 1. The van der Waals surface area contributed by atoms with Crippen molar-refractivity contribution in [3.8, 4) is 17.2 Å². The van der Waals surface area contributed by atoms with Crippen molar-refractivity contribution in [2.24, 2.45) is 0 Å². The van der Waals surface area contributed by atoms with Crippen molar-refractivity contribution < 1.29 is 0 Å². The molecule has 0 saturated heterocycles. The number of hydrogen-bond acceptors (Lipinski definition) is 3. The molecule has 1 N–H and O–H groups in total. The molecule has 0 bridgehead atoms. The minimum atomic E-state index is -0.200. The summed E-state index contributed by atoms with van der Waals surface area (Å²) < 4.78 is 1.52. The summed E-state index contributed by atoms with van der Waals surface area (Å²) in [5.74, 6) is 0.409. The molecule has 0 fully saturated rings. The molecule has 3 rings (SSSR count). The largest absolute Gasteiger partial charge is 0.291 e. The van der Waals surface area contributed by atoms with E-state index in [0.717, 1.165) is 5.56 Å². The molecular formula is C13H10N4O. The minimum absolute atomic E-state index is 0.200. The molecule has 88 valence electrons. The Morgan fingerprint density at radius 1 is 1.11 bits per heavy atom. The number of nitrogens with zero attached hydrogens (tertiary/aromatic N) is 3. The van der Waals surface area contributed by atoms with Gasteiger partial charge in [-0.25, -0.2) is 9.67 Å². The standard InChI is InChI=1S/C13H10N4O/c18-12-9-11(10-5-2-1-3-6-10)15-13(16-12)17-8-4-7-14-17/h1-9H,(H,15,16,18). The van der Waals surface area contributed by atoms with Gasteiger partial charge in [-0.1, -0.05) is 30.3 Å². The first-order chi connectivity index (χ1) is 8.83. The second-order valence-electron chi connectivity index (χ2n) is 3.77. The predicted molar refractivity (Wildman–Crippen MR) is 67.4 cm³/mol. The Kier molecular flexibility index (Phi) is 2.49. The number of rotatable bonds is 2. The summed E-state index contributed by atoms with van der Waals surface area (Å²) >= 11 is 0. The molecule has 2 aromatic heterocycles. The van der Waals surface area contributed by atoms with Crippen LogP contribution in [0.25, 0.3) is 17.2 Å². The second kappa shape index (κ2) is 4.29. The Morgan fingerprint density at radius 2 is 1.94 bits per heavy atom. The Hall–Kier alpha value is -2.69. The van der Waals surface area contributed by atoms with Crippen LogP contribution in [0.2, 0.25) is 0 Å². The van der Waals surface area contributed by atoms with Crippen LogP contribution in [0.1, 0.15) is 0 Å². The molecule has 0 aliphatic rings. The molecule has 2 heterocycles. The van der Waals surface area contributed by atoms with E-state index in [1.54, 1.807) is 18.5 Å². The quantitative estimate of drug-likeness (QED) is 0.738. The maximum Gasteiger partial charge on any atom is 0.252 e. The van der Waals surface area contributed by atoms with Crippen LogP contribution in [0.3, 0.4) is 0 Å². The molecule has 5 heteroatoms. The Morgan fingerprint density at radius 3 is 2.67 bits per heavy atom. The van der Waals surface area contributed by atoms with Gasteiger partial charge in [0.15, 0.2) is 0 Å². The normalized spacial score (nSPS) is 10.4. The summed E-state index contributed by atoms with van der Waals surface area (Å²) in [6.45, 7) is 0. The Balaban J connectivity index is 2.15. The van der Waals surface area contributed by atoms with E-state index < -0.39 is 0 Å². The number of H-pyrrole nitrogens is 1. The first kappa shape index (κ1) is 10.5. The maximum absolute atomic E-state index is 11.6. The first-order valence-electron chi connectivity index (χ1n) is 5.50. The van der Waals surface area contributed by atoms with Crippen LogP contribution in [-0.4, -0.2) is 19.7 Å². The van der Waals surface area contributed by atoms with Gasteiger partial charge in [-0.3, -0.25) is 9.78 Å². The zero-order valence-electron chi connectivity index (χ0n) is 9.45. The summed E-state index contributed by atoms with van der Waals surface area (Å²) in [6.07, 6.45) is 3.36. The molecule has 3 aromatic rings. The highest BCUT2D eigenvalue weighted by atomic mass is 16.1. The highest BCUT2D eigenvalue weighted by molar-refractivity contribution is 5.58. The van der Waals surface area contributed by atoms with E-state index in [-0.39, 0.29) is 5.56 Å². The third-order valence-corrected chi connectivity index (χ3v) is 2.52.